The molecule has 0 N–H and O–H groups in total. The molecule has 0 bridgehead atoms. The van der Waals surface area contributed by atoms with Crippen molar-refractivity contribution in [3.8, 4) is 0 Å². The number of alkyl halides is 3. The largest absolute Gasteiger partial charge is 1.00 e. The van der Waals surface area contributed by atoms with Gasteiger partial charge < -0.3 is 23.6 Å². The molecule has 20 heteroatoms. The van der Waals surface area contributed by atoms with E-state index in [-0.39, 0.29) is 66.7 Å². The van der Waals surface area contributed by atoms with Crippen LogP contribution in [0.4, 0.5) is 24.5 Å². The molecule has 0 atom stereocenters. The van der Waals surface area contributed by atoms with Crippen molar-refractivity contribution < 1.29 is 82.8 Å². The Hall–Kier alpha value is -3.20. The monoisotopic (exact) mass is 864 g/mol. The van der Waals surface area contributed by atoms with Crippen LogP contribution in [0.3, 0.4) is 0 Å². The number of esters is 1. The topological polar surface area (TPSA) is 156 Å². The number of fused-ring (bicyclic) bond motifs is 2. The van der Waals surface area contributed by atoms with Crippen molar-refractivity contribution in [3.05, 3.63) is 104 Å². The fraction of sp³-hybridized carbons (Fsp3) is 0.333. The molecule has 0 radical (unpaired) electrons. The summed E-state index contributed by atoms with van der Waals surface area (Å²) >= 11 is 7.59. The van der Waals surface area contributed by atoms with Crippen LogP contribution in [-0.2, 0) is 50.7 Å². The molecule has 2 aromatic carbocycles. The maximum atomic E-state index is 13.9. The molecule has 3 heterocycles. The predicted octanol–water partition coefficient (Wildman–Crippen LogP) is 3.32. The van der Waals surface area contributed by atoms with Crippen LogP contribution >= 0.6 is 22.9 Å². The van der Waals surface area contributed by atoms with E-state index in [0.29, 0.717) is 35.8 Å². The van der Waals surface area contributed by atoms with Crippen molar-refractivity contribution in [1.29, 1.82) is 0 Å². The second-order valence-corrected chi connectivity index (χ2v) is 17.1. The Morgan fingerprint density at radius 2 is 1.70 bits per heavy atom. The van der Waals surface area contributed by atoms with Crippen LogP contribution in [0.15, 0.2) is 77.5 Å². The number of hydrogen-bond acceptors (Lipinski definition) is 11. The van der Waals surface area contributed by atoms with E-state index in [2.05, 4.69) is 0 Å². The molecule has 0 amide bonds. The Balaban J connectivity index is 0.00000696. The van der Waals surface area contributed by atoms with E-state index in [1.54, 1.807) is 42.3 Å². The first-order valence-electron chi connectivity index (χ1n) is 16.9. The van der Waals surface area contributed by atoms with Crippen molar-refractivity contribution in [3.63, 3.8) is 0 Å². The van der Waals surface area contributed by atoms with Crippen molar-refractivity contribution in [2.45, 2.75) is 45.5 Å². The fourth-order valence-corrected chi connectivity index (χ4v) is 8.39. The van der Waals surface area contributed by atoms with Crippen LogP contribution in [0, 0.1) is 0 Å². The van der Waals surface area contributed by atoms with Gasteiger partial charge in [0.2, 0.25) is 0 Å². The van der Waals surface area contributed by atoms with Crippen molar-refractivity contribution in [2.75, 3.05) is 42.0 Å². The van der Waals surface area contributed by atoms with Gasteiger partial charge in [0.15, 0.2) is 11.0 Å². The van der Waals surface area contributed by atoms with Gasteiger partial charge >= 0.3 is 41.7 Å². The Morgan fingerprint density at radius 1 is 1.02 bits per heavy atom. The second-order valence-electron chi connectivity index (χ2n) is 12.6. The number of benzene rings is 2. The molecule has 2 aromatic heterocycles. The van der Waals surface area contributed by atoms with E-state index in [1.165, 1.54) is 29.4 Å². The van der Waals surface area contributed by atoms with Crippen molar-refractivity contribution in [1.82, 2.24) is 4.57 Å². The zero-order valence-electron chi connectivity index (χ0n) is 30.9. The third-order valence-corrected chi connectivity index (χ3v) is 11.7. The van der Waals surface area contributed by atoms with Gasteiger partial charge in [0.05, 0.1) is 68.0 Å². The molecule has 4 aromatic rings. The first-order chi connectivity index (χ1) is 25.8. The molecule has 5 rings (SSSR count). The molecule has 12 nitrogen and oxygen atoms in total. The van der Waals surface area contributed by atoms with Crippen LogP contribution in [0.2, 0.25) is 5.02 Å². The number of carbonyl (C=O) groups is 1. The summed E-state index contributed by atoms with van der Waals surface area (Å²) in [6, 6.07) is 10.9. The molecule has 0 saturated heterocycles. The number of allylic oxidation sites excluding steroid dienone is 4. The number of halogens is 4. The Kier molecular flexibility index (Phi) is 15.1. The first-order valence-corrected chi connectivity index (χ1v) is 21.3. The van der Waals surface area contributed by atoms with Crippen LogP contribution in [0.25, 0.3) is 17.1 Å². The van der Waals surface area contributed by atoms with Gasteiger partial charge in [0.25, 0.3) is 5.82 Å². The summed E-state index contributed by atoms with van der Waals surface area (Å²) < 4.78 is 119. The molecule has 296 valence electrons. The minimum Gasteiger partial charge on any atom is -0.748 e. The summed E-state index contributed by atoms with van der Waals surface area (Å²) in [6.07, 6.45) is 2.65. The predicted molar refractivity (Wildman–Crippen MR) is 203 cm³/mol. The minimum absolute atomic E-state index is 0. The number of aryl methyl sites for hydroxylation is 2. The number of aromatic nitrogens is 2. The Labute approximate surface area is 354 Å². The maximum absolute atomic E-state index is 13.9. The van der Waals surface area contributed by atoms with Gasteiger partial charge in [0.1, 0.15) is 5.82 Å². The molecule has 0 spiro atoms. The quantitative estimate of drug-likeness (QED) is 0.0572. The normalized spacial score (nSPS) is 14.6. The SMILES string of the molecule is CC[n+]1c(/C=C/C(=C\C=C2/N(C)c3cc(Cl)c(C(F)(F)F)cc3N2CCCS(=O)(=O)[O-])Cc2cccs2)n(CCCS(=O)(=O)[O-])c2cc(C(=O)OC)ccc21.[Na+]. The molecule has 0 saturated carbocycles. The Bertz CT molecular complexity index is 2400. The molecule has 0 unspecified atom stereocenters. The van der Waals surface area contributed by atoms with Crippen LogP contribution in [0.1, 0.15) is 46.4 Å². The summed E-state index contributed by atoms with van der Waals surface area (Å²) in [6.45, 7) is 2.44. The molecule has 1 aliphatic rings. The average molecular weight is 865 g/mol. The van der Waals surface area contributed by atoms with Crippen molar-refractivity contribution >= 4 is 77.6 Å². The van der Waals surface area contributed by atoms with Crippen LogP contribution < -0.4 is 43.9 Å². The van der Waals surface area contributed by atoms with E-state index in [9.17, 15) is 43.9 Å². The van der Waals surface area contributed by atoms with Gasteiger partial charge in [-0.3, -0.25) is 0 Å². The summed E-state index contributed by atoms with van der Waals surface area (Å²) in [7, 11) is -6.20. The first kappa shape index (κ1) is 45.5. The number of ether oxygens (including phenoxy) is 1. The van der Waals surface area contributed by atoms with E-state index >= 15 is 0 Å². The third kappa shape index (κ3) is 11.0. The van der Waals surface area contributed by atoms with E-state index < -0.39 is 54.5 Å². The van der Waals surface area contributed by atoms with E-state index in [1.807, 2.05) is 45.7 Å². The summed E-state index contributed by atoms with van der Waals surface area (Å²) in [5.74, 6) is -0.847. The maximum Gasteiger partial charge on any atom is 1.00 e. The van der Waals surface area contributed by atoms with E-state index in [0.717, 1.165) is 22.0 Å². The zero-order valence-corrected chi connectivity index (χ0v) is 36.1. The number of hydrogen-bond donors (Lipinski definition) is 0. The molecule has 1 aliphatic heterocycles. The number of methoxy groups -OCH3 is 1. The smallest absolute Gasteiger partial charge is 0.748 e. The average Bonchev–Trinajstić information content (AvgIpc) is 3.78. The number of nitrogens with zero attached hydrogens (tertiary/aromatic N) is 4. The van der Waals surface area contributed by atoms with Gasteiger partial charge in [-0.25, -0.2) is 30.8 Å². The number of thiophene rings is 1. The Morgan fingerprint density at radius 3 is 2.29 bits per heavy atom. The standard InChI is InChI=1S/C36H38ClF3N4O8S3.Na/c1-4-42-29-12-11-25(35(45)52-3)21-31(29)44(16-7-19-55(49,50)51)34(42)14-10-24(20-26-8-5-17-53-26)9-13-33-41(2)30-23-28(37)27(36(38,39)40)22-32(30)43(33)15-6-18-54(46,47)48;/h5,8-14,17,21-23H,4,6-7,15-16,18-20H2,1-3H3,(H-,46,47,48,49,50,51);/q;+1/p-1. The summed E-state index contributed by atoms with van der Waals surface area (Å²) in [4.78, 5) is 16.6. The van der Waals surface area contributed by atoms with Gasteiger partial charge in [-0.2, -0.15) is 13.2 Å². The number of anilines is 2. The minimum atomic E-state index is -4.76. The number of carbonyl (C=O) groups excluding carboxylic acids is 1. The van der Waals surface area contributed by atoms with Gasteiger partial charge in [-0.15, -0.1) is 11.3 Å². The summed E-state index contributed by atoms with van der Waals surface area (Å²) in [5, 5.41) is 1.40. The molecule has 0 fully saturated rings. The molecular weight excluding hydrogens is 828 g/mol. The van der Waals surface area contributed by atoms with Gasteiger partial charge in [0, 0.05) is 48.5 Å². The van der Waals surface area contributed by atoms with Gasteiger partial charge in [-0.1, -0.05) is 29.8 Å². The second kappa shape index (κ2) is 18.6. The van der Waals surface area contributed by atoms with Crippen LogP contribution in [0.5, 0.6) is 0 Å². The number of rotatable bonds is 15. The molecule has 56 heavy (non-hydrogen) atoms. The third-order valence-electron chi connectivity index (χ3n) is 8.89. The van der Waals surface area contributed by atoms with Crippen LogP contribution in [-0.4, -0.2) is 68.7 Å². The van der Waals surface area contributed by atoms with Gasteiger partial charge in [-0.05, 0) is 67.1 Å². The fourth-order valence-electron chi connectivity index (χ4n) is 6.42. The number of imidazole rings is 1. The summed E-state index contributed by atoms with van der Waals surface area (Å²) in [5.41, 5.74) is 1.78. The van der Waals surface area contributed by atoms with E-state index in [4.69, 9.17) is 16.3 Å². The molecule has 0 aliphatic carbocycles. The molecular formula is C36H37ClF3N4NaO8S3. The van der Waals surface area contributed by atoms with Crippen molar-refractivity contribution in [2.24, 2.45) is 0 Å². The zero-order chi connectivity index (χ0) is 40.3.